The summed E-state index contributed by atoms with van der Waals surface area (Å²) >= 11 is 0. The van der Waals surface area contributed by atoms with Crippen LogP contribution in [0.15, 0.2) is 48.5 Å². The molecule has 180 valence electrons. The van der Waals surface area contributed by atoms with Gasteiger partial charge in [0.25, 0.3) is 0 Å². The highest BCUT2D eigenvalue weighted by Crippen LogP contribution is 2.44. The number of benzene rings is 2. The predicted molar refractivity (Wildman–Crippen MR) is 125 cm³/mol. The van der Waals surface area contributed by atoms with Crippen LogP contribution in [0.3, 0.4) is 0 Å². The number of ether oxygens (including phenoxy) is 1. The SMILES string of the molecule is O=C(NCC1CCCCC1C(=O)N[C@@H](CO)C(=O)O)OCC1c2ccccc2-c2ccccc21. The number of carbonyl (C=O) groups excluding carboxylic acids is 2. The van der Waals surface area contributed by atoms with Crippen molar-refractivity contribution in [1.29, 1.82) is 0 Å². The summed E-state index contributed by atoms with van der Waals surface area (Å²) in [5, 5.41) is 23.5. The van der Waals surface area contributed by atoms with Crippen LogP contribution < -0.4 is 10.6 Å². The van der Waals surface area contributed by atoms with Crippen molar-refractivity contribution >= 4 is 18.0 Å². The van der Waals surface area contributed by atoms with Crippen LogP contribution in [-0.2, 0) is 14.3 Å². The van der Waals surface area contributed by atoms with E-state index in [0.717, 1.165) is 41.5 Å². The zero-order chi connectivity index (χ0) is 24.1. The van der Waals surface area contributed by atoms with Gasteiger partial charge in [-0.25, -0.2) is 9.59 Å². The number of carbonyl (C=O) groups is 3. The van der Waals surface area contributed by atoms with Gasteiger partial charge in [-0.05, 0) is 41.0 Å². The summed E-state index contributed by atoms with van der Waals surface area (Å²) in [4.78, 5) is 36.3. The molecule has 2 aliphatic rings. The van der Waals surface area contributed by atoms with E-state index in [9.17, 15) is 19.5 Å². The second kappa shape index (κ2) is 10.7. The lowest BCUT2D eigenvalue weighted by atomic mass is 9.78. The van der Waals surface area contributed by atoms with Crippen LogP contribution in [0.4, 0.5) is 4.79 Å². The molecule has 1 saturated carbocycles. The lowest BCUT2D eigenvalue weighted by Gasteiger charge is -2.31. The summed E-state index contributed by atoms with van der Waals surface area (Å²) in [5.41, 5.74) is 4.59. The highest BCUT2D eigenvalue weighted by Gasteiger charge is 2.34. The number of aliphatic hydroxyl groups is 1. The van der Waals surface area contributed by atoms with E-state index in [4.69, 9.17) is 9.84 Å². The summed E-state index contributed by atoms with van der Waals surface area (Å²) in [5.74, 6) is -2.25. The first kappa shape index (κ1) is 23.8. The molecule has 0 radical (unpaired) electrons. The van der Waals surface area contributed by atoms with Crippen LogP contribution in [-0.4, -0.2) is 54.0 Å². The van der Waals surface area contributed by atoms with Gasteiger partial charge in [-0.1, -0.05) is 61.4 Å². The number of carboxylic acid groups (broad SMARTS) is 1. The molecule has 4 N–H and O–H groups in total. The molecule has 2 aliphatic carbocycles. The number of aliphatic carboxylic acids is 1. The smallest absolute Gasteiger partial charge is 0.407 e. The van der Waals surface area contributed by atoms with Gasteiger partial charge in [-0.15, -0.1) is 0 Å². The van der Waals surface area contributed by atoms with E-state index in [1.165, 1.54) is 0 Å². The molecule has 34 heavy (non-hydrogen) atoms. The molecule has 0 spiro atoms. The Labute approximate surface area is 198 Å². The minimum absolute atomic E-state index is 0.0298. The van der Waals surface area contributed by atoms with Gasteiger partial charge in [-0.2, -0.15) is 0 Å². The number of nitrogens with one attached hydrogen (secondary N) is 2. The molecule has 3 atom stereocenters. The van der Waals surface area contributed by atoms with Gasteiger partial charge in [0, 0.05) is 18.4 Å². The Hall–Kier alpha value is -3.39. The monoisotopic (exact) mass is 466 g/mol. The van der Waals surface area contributed by atoms with Gasteiger partial charge in [0.05, 0.1) is 6.61 Å². The number of rotatable bonds is 8. The van der Waals surface area contributed by atoms with Gasteiger partial charge in [0.15, 0.2) is 0 Å². The molecule has 0 heterocycles. The Kier molecular flexibility index (Phi) is 7.47. The molecule has 2 amide bonds. The Bertz CT molecular complexity index is 1010. The molecular formula is C26H30N2O6. The number of fused-ring (bicyclic) bond motifs is 3. The van der Waals surface area contributed by atoms with Crippen molar-refractivity contribution in [2.24, 2.45) is 11.8 Å². The van der Waals surface area contributed by atoms with Gasteiger partial charge < -0.3 is 25.6 Å². The van der Waals surface area contributed by atoms with Crippen LogP contribution in [0.25, 0.3) is 11.1 Å². The first-order chi connectivity index (χ1) is 16.5. The number of carboxylic acids is 1. The average Bonchev–Trinajstić information content (AvgIpc) is 3.18. The van der Waals surface area contributed by atoms with Crippen molar-refractivity contribution in [2.45, 2.75) is 37.6 Å². The van der Waals surface area contributed by atoms with Crippen LogP contribution in [0.2, 0.25) is 0 Å². The van der Waals surface area contributed by atoms with E-state index in [2.05, 4.69) is 34.9 Å². The molecule has 8 heteroatoms. The van der Waals surface area contributed by atoms with Crippen LogP contribution >= 0.6 is 0 Å². The quantitative estimate of drug-likeness (QED) is 0.474. The lowest BCUT2D eigenvalue weighted by molar-refractivity contribution is -0.144. The number of hydrogen-bond donors (Lipinski definition) is 4. The van der Waals surface area contributed by atoms with Crippen molar-refractivity contribution in [2.75, 3.05) is 19.8 Å². The first-order valence-electron chi connectivity index (χ1n) is 11.7. The van der Waals surface area contributed by atoms with E-state index in [0.29, 0.717) is 6.42 Å². The standard InChI is InChI=1S/C26H30N2O6/c29-14-23(25(31)32)28-24(30)17-8-2-1-7-16(17)13-27-26(33)34-15-22-20-11-5-3-9-18(20)19-10-4-6-12-21(19)22/h3-6,9-12,16-17,22-23,29H,1-2,7-8,13-15H2,(H,27,33)(H,28,30)(H,31,32)/t16?,17?,23-/m0/s1. The molecule has 2 aromatic carbocycles. The minimum Gasteiger partial charge on any atom is -0.480 e. The predicted octanol–water partition coefficient (Wildman–Crippen LogP) is 2.89. The molecule has 2 unspecified atom stereocenters. The highest BCUT2D eigenvalue weighted by atomic mass is 16.5. The van der Waals surface area contributed by atoms with Gasteiger partial charge in [0.1, 0.15) is 12.6 Å². The average molecular weight is 467 g/mol. The summed E-state index contributed by atoms with van der Waals surface area (Å²) in [7, 11) is 0. The summed E-state index contributed by atoms with van der Waals surface area (Å²) in [6.07, 6.45) is 2.61. The van der Waals surface area contributed by atoms with E-state index in [1.54, 1.807) is 0 Å². The Morgan fingerprint density at radius 2 is 1.59 bits per heavy atom. The Morgan fingerprint density at radius 1 is 0.971 bits per heavy atom. The Morgan fingerprint density at radius 3 is 2.21 bits per heavy atom. The molecule has 0 bridgehead atoms. The minimum atomic E-state index is -1.33. The fourth-order valence-corrected chi connectivity index (χ4v) is 5.13. The van der Waals surface area contributed by atoms with E-state index in [-0.39, 0.29) is 25.0 Å². The maximum Gasteiger partial charge on any atom is 0.407 e. The fourth-order valence-electron chi connectivity index (χ4n) is 5.13. The molecule has 2 aromatic rings. The Balaban J connectivity index is 1.33. The van der Waals surface area contributed by atoms with Crippen molar-refractivity contribution in [3.63, 3.8) is 0 Å². The molecule has 0 aliphatic heterocycles. The molecule has 8 nitrogen and oxygen atoms in total. The van der Waals surface area contributed by atoms with Gasteiger partial charge in [-0.3, -0.25) is 4.79 Å². The van der Waals surface area contributed by atoms with E-state index >= 15 is 0 Å². The third-order valence-corrected chi connectivity index (χ3v) is 6.90. The number of alkyl carbamates (subject to hydrolysis) is 1. The van der Waals surface area contributed by atoms with E-state index in [1.807, 2.05) is 24.3 Å². The third-order valence-electron chi connectivity index (χ3n) is 6.90. The van der Waals surface area contributed by atoms with Crippen molar-refractivity contribution in [3.8, 4) is 11.1 Å². The van der Waals surface area contributed by atoms with Crippen LogP contribution in [0.5, 0.6) is 0 Å². The molecule has 0 aromatic heterocycles. The summed E-state index contributed by atoms with van der Waals surface area (Å²) in [6, 6.07) is 14.9. The van der Waals surface area contributed by atoms with Crippen molar-refractivity contribution in [3.05, 3.63) is 59.7 Å². The maximum atomic E-state index is 12.6. The first-order valence-corrected chi connectivity index (χ1v) is 11.7. The summed E-state index contributed by atoms with van der Waals surface area (Å²) in [6.45, 7) is -0.187. The van der Waals surface area contributed by atoms with E-state index < -0.39 is 36.5 Å². The van der Waals surface area contributed by atoms with Crippen LogP contribution in [0.1, 0.15) is 42.7 Å². The van der Waals surface area contributed by atoms with Gasteiger partial charge in [0.2, 0.25) is 5.91 Å². The highest BCUT2D eigenvalue weighted by molar-refractivity contribution is 5.85. The largest absolute Gasteiger partial charge is 0.480 e. The number of aliphatic hydroxyl groups excluding tert-OH is 1. The fraction of sp³-hybridized carbons (Fsp3) is 0.423. The zero-order valence-electron chi connectivity index (χ0n) is 18.9. The second-order valence-corrected chi connectivity index (χ2v) is 8.94. The molecule has 1 fully saturated rings. The number of hydrogen-bond acceptors (Lipinski definition) is 5. The molecule has 0 saturated heterocycles. The zero-order valence-corrected chi connectivity index (χ0v) is 18.9. The van der Waals surface area contributed by atoms with Crippen molar-refractivity contribution < 1.29 is 29.3 Å². The molecular weight excluding hydrogens is 436 g/mol. The lowest BCUT2D eigenvalue weighted by Crippen LogP contribution is -2.49. The normalized spacial score (nSPS) is 20.0. The second-order valence-electron chi connectivity index (χ2n) is 8.94. The van der Waals surface area contributed by atoms with Crippen molar-refractivity contribution in [1.82, 2.24) is 10.6 Å². The molecule has 4 rings (SSSR count). The number of amides is 2. The third kappa shape index (κ3) is 5.07. The van der Waals surface area contributed by atoms with Gasteiger partial charge >= 0.3 is 12.1 Å². The summed E-state index contributed by atoms with van der Waals surface area (Å²) < 4.78 is 5.58. The maximum absolute atomic E-state index is 12.6. The topological polar surface area (TPSA) is 125 Å². The van der Waals surface area contributed by atoms with Crippen LogP contribution in [0, 0.1) is 11.8 Å².